The molecular weight excluding hydrogens is 345 g/mol. The predicted molar refractivity (Wildman–Crippen MR) is 103 cm³/mol. The van der Waals surface area contributed by atoms with Gasteiger partial charge in [-0.1, -0.05) is 37.0 Å². The Labute approximate surface area is 153 Å². The molecule has 3 N–H and O–H groups in total. The monoisotopic (exact) mass is 367 g/mol. The molecule has 0 aliphatic heterocycles. The molecule has 0 bridgehead atoms. The van der Waals surface area contributed by atoms with Gasteiger partial charge in [-0.25, -0.2) is 4.98 Å². The van der Waals surface area contributed by atoms with E-state index < -0.39 is 0 Å². The third kappa shape index (κ3) is 4.53. The zero-order chi connectivity index (χ0) is 17.7. The number of nitrogens with zero attached hydrogens (tertiary/aromatic N) is 1. The Morgan fingerprint density at radius 1 is 1.12 bits per heavy atom. The number of aromatic nitrogens is 1. The molecule has 130 valence electrons. The molecule has 6 heteroatoms. The fourth-order valence-corrected chi connectivity index (χ4v) is 2.98. The van der Waals surface area contributed by atoms with Crippen molar-refractivity contribution in [2.45, 2.75) is 46.3 Å². The highest BCUT2D eigenvalue weighted by Crippen LogP contribution is 2.32. The zero-order valence-corrected chi connectivity index (χ0v) is 15.7. The summed E-state index contributed by atoms with van der Waals surface area (Å²) < 4.78 is 0. The summed E-state index contributed by atoms with van der Waals surface area (Å²) in [6.07, 6.45) is 2.02. The van der Waals surface area contributed by atoms with Crippen molar-refractivity contribution in [1.29, 1.82) is 0 Å². The molecule has 0 atom stereocenters. The molecule has 1 heterocycles. The number of hydrogen-bond donors (Lipinski definition) is 3. The number of rotatable bonds is 7. The van der Waals surface area contributed by atoms with E-state index in [2.05, 4.69) is 29.5 Å². The van der Waals surface area contributed by atoms with Crippen LogP contribution in [0.5, 0.6) is 0 Å². The summed E-state index contributed by atoms with van der Waals surface area (Å²) in [6.45, 7) is 6.08. The van der Waals surface area contributed by atoms with E-state index in [0.29, 0.717) is 27.6 Å². The topological polar surface area (TPSA) is 57.2 Å². The number of aliphatic hydroxyl groups is 1. The molecule has 0 aliphatic rings. The first kappa shape index (κ1) is 18.8. The van der Waals surface area contributed by atoms with Gasteiger partial charge in [0, 0.05) is 28.0 Å². The minimum atomic E-state index is -0.122. The normalized spacial score (nSPS) is 11.0. The lowest BCUT2D eigenvalue weighted by Crippen LogP contribution is -2.19. The number of halogens is 2. The fourth-order valence-electron chi connectivity index (χ4n) is 2.52. The number of hydrogen-bond acceptors (Lipinski definition) is 4. The van der Waals surface area contributed by atoms with Crippen LogP contribution in [0.15, 0.2) is 24.3 Å². The van der Waals surface area contributed by atoms with Gasteiger partial charge in [0.2, 0.25) is 0 Å². The van der Waals surface area contributed by atoms with Gasteiger partial charge in [-0.3, -0.25) is 0 Å². The summed E-state index contributed by atoms with van der Waals surface area (Å²) in [5.41, 5.74) is 3.17. The van der Waals surface area contributed by atoms with Gasteiger partial charge in [0.05, 0.1) is 17.3 Å². The summed E-state index contributed by atoms with van der Waals surface area (Å²) in [5.74, 6) is 0.593. The maximum absolute atomic E-state index is 9.87. The average Bonchev–Trinajstić information content (AvgIpc) is 2.55. The molecule has 2 aromatic rings. The first-order valence-electron chi connectivity index (χ1n) is 8.08. The van der Waals surface area contributed by atoms with Gasteiger partial charge in [0.1, 0.15) is 5.82 Å². The fraction of sp³-hybridized carbons (Fsp3) is 0.389. The molecule has 1 aromatic carbocycles. The van der Waals surface area contributed by atoms with Crippen LogP contribution in [-0.2, 0) is 6.61 Å². The Morgan fingerprint density at radius 3 is 2.42 bits per heavy atom. The molecule has 0 saturated heterocycles. The summed E-state index contributed by atoms with van der Waals surface area (Å²) in [6, 6.07) is 7.53. The maximum Gasteiger partial charge on any atom is 0.138 e. The highest BCUT2D eigenvalue weighted by atomic mass is 35.5. The van der Waals surface area contributed by atoms with Crippen molar-refractivity contribution < 1.29 is 5.11 Å². The molecule has 0 spiro atoms. The van der Waals surface area contributed by atoms with Crippen LogP contribution in [0.2, 0.25) is 10.0 Å². The van der Waals surface area contributed by atoms with Gasteiger partial charge in [-0.2, -0.15) is 0 Å². The summed E-state index contributed by atoms with van der Waals surface area (Å²) in [5, 5.41) is 17.6. The summed E-state index contributed by atoms with van der Waals surface area (Å²) in [4.78, 5) is 4.52. The Morgan fingerprint density at radius 2 is 1.83 bits per heavy atom. The molecule has 0 radical (unpaired) electrons. The van der Waals surface area contributed by atoms with Crippen LogP contribution in [0, 0.1) is 6.92 Å². The lowest BCUT2D eigenvalue weighted by atomic mass is 10.1. The largest absolute Gasteiger partial charge is 0.391 e. The van der Waals surface area contributed by atoms with E-state index in [1.165, 1.54) is 0 Å². The zero-order valence-electron chi connectivity index (χ0n) is 14.2. The first-order valence-corrected chi connectivity index (χ1v) is 8.84. The summed E-state index contributed by atoms with van der Waals surface area (Å²) >= 11 is 12.2. The lowest BCUT2D eigenvalue weighted by Gasteiger charge is -2.21. The van der Waals surface area contributed by atoms with Gasteiger partial charge in [-0.05, 0) is 44.0 Å². The van der Waals surface area contributed by atoms with Gasteiger partial charge in [0.15, 0.2) is 0 Å². The Bertz CT molecular complexity index is 703. The Kier molecular flexibility index (Phi) is 6.72. The molecule has 0 amide bonds. The Hall–Kier alpha value is -1.49. The van der Waals surface area contributed by atoms with Crippen molar-refractivity contribution >= 4 is 40.4 Å². The second-order valence-electron chi connectivity index (χ2n) is 5.70. The number of pyridine rings is 1. The molecule has 0 aliphatic carbocycles. The van der Waals surface area contributed by atoms with Crippen molar-refractivity contribution in [3.8, 4) is 0 Å². The van der Waals surface area contributed by atoms with Crippen molar-refractivity contribution in [2.24, 2.45) is 0 Å². The van der Waals surface area contributed by atoms with Crippen molar-refractivity contribution in [3.05, 3.63) is 45.6 Å². The van der Waals surface area contributed by atoms with Crippen LogP contribution in [0.4, 0.5) is 17.2 Å². The number of aryl methyl sites for hydroxylation is 1. The van der Waals surface area contributed by atoms with Gasteiger partial charge in [0.25, 0.3) is 0 Å². The lowest BCUT2D eigenvalue weighted by molar-refractivity contribution is 0.282. The molecule has 2 rings (SSSR count). The highest BCUT2D eigenvalue weighted by Gasteiger charge is 2.14. The van der Waals surface area contributed by atoms with Gasteiger partial charge >= 0.3 is 0 Å². The van der Waals surface area contributed by atoms with E-state index in [4.69, 9.17) is 23.2 Å². The van der Waals surface area contributed by atoms with Crippen LogP contribution in [0.3, 0.4) is 0 Å². The van der Waals surface area contributed by atoms with Gasteiger partial charge in [-0.15, -0.1) is 0 Å². The van der Waals surface area contributed by atoms with Crippen molar-refractivity contribution in [3.63, 3.8) is 0 Å². The maximum atomic E-state index is 9.87. The average molecular weight is 368 g/mol. The van der Waals surface area contributed by atoms with E-state index in [9.17, 15) is 5.11 Å². The molecule has 4 nitrogen and oxygen atoms in total. The number of nitrogens with one attached hydrogen (secondary N) is 2. The molecule has 0 saturated carbocycles. The number of aliphatic hydroxyl groups excluding tert-OH is 1. The van der Waals surface area contributed by atoms with Crippen LogP contribution < -0.4 is 10.6 Å². The first-order chi connectivity index (χ1) is 11.5. The molecule has 1 aromatic heterocycles. The van der Waals surface area contributed by atoms with Crippen LogP contribution in [-0.4, -0.2) is 16.1 Å². The minimum absolute atomic E-state index is 0.122. The van der Waals surface area contributed by atoms with Crippen LogP contribution in [0.25, 0.3) is 0 Å². The molecule has 0 unspecified atom stereocenters. The molecule has 0 fully saturated rings. The van der Waals surface area contributed by atoms with Crippen LogP contribution in [0.1, 0.15) is 37.9 Å². The van der Waals surface area contributed by atoms with E-state index in [1.54, 1.807) is 18.2 Å². The van der Waals surface area contributed by atoms with E-state index in [0.717, 1.165) is 29.8 Å². The highest BCUT2D eigenvalue weighted by molar-refractivity contribution is 6.36. The minimum Gasteiger partial charge on any atom is -0.391 e. The quantitative estimate of drug-likeness (QED) is 0.601. The third-order valence-corrected chi connectivity index (χ3v) is 4.49. The second-order valence-corrected chi connectivity index (χ2v) is 6.55. The predicted octanol–water partition coefficient (Wildman–Crippen LogP) is 5.53. The van der Waals surface area contributed by atoms with Crippen LogP contribution >= 0.6 is 23.2 Å². The summed E-state index contributed by atoms with van der Waals surface area (Å²) in [7, 11) is 0. The SMILES string of the molecule is CCC(CC)Nc1cc(C)nc(Nc2ccc(Cl)cc2Cl)c1CO. The third-order valence-electron chi connectivity index (χ3n) is 3.94. The molecular formula is C18H23Cl2N3O. The van der Waals surface area contributed by atoms with Crippen molar-refractivity contribution in [2.75, 3.05) is 10.6 Å². The van der Waals surface area contributed by atoms with E-state index >= 15 is 0 Å². The standard InChI is InChI=1S/C18H23Cl2N3O/c1-4-13(5-2)22-17-8-11(3)21-18(14(17)10-24)23-16-7-6-12(19)9-15(16)20/h6-9,13,24H,4-5,10H2,1-3H3,(H2,21,22,23). The Balaban J connectivity index is 2.40. The van der Waals surface area contributed by atoms with Gasteiger partial charge < -0.3 is 15.7 Å². The van der Waals surface area contributed by atoms with E-state index in [1.807, 2.05) is 13.0 Å². The number of anilines is 3. The second kappa shape index (κ2) is 8.56. The smallest absolute Gasteiger partial charge is 0.138 e. The number of benzene rings is 1. The molecule has 24 heavy (non-hydrogen) atoms. The van der Waals surface area contributed by atoms with Crippen molar-refractivity contribution in [1.82, 2.24) is 4.98 Å². The van der Waals surface area contributed by atoms with E-state index in [-0.39, 0.29) is 6.61 Å².